The summed E-state index contributed by atoms with van der Waals surface area (Å²) in [7, 11) is 0. The van der Waals surface area contributed by atoms with Crippen molar-refractivity contribution < 1.29 is 14.7 Å². The van der Waals surface area contributed by atoms with Crippen molar-refractivity contribution in [2.75, 3.05) is 18.6 Å². The van der Waals surface area contributed by atoms with E-state index in [1.165, 1.54) is 0 Å². The first-order valence-corrected chi connectivity index (χ1v) is 7.03. The highest BCUT2D eigenvalue weighted by atomic mass is 32.2. The molecule has 0 saturated carbocycles. The molecule has 5 heteroatoms. The average molecular weight is 247 g/mol. The van der Waals surface area contributed by atoms with Crippen LogP contribution in [0.25, 0.3) is 0 Å². The van der Waals surface area contributed by atoms with E-state index in [-0.39, 0.29) is 12.3 Å². The maximum absolute atomic E-state index is 11.2. The Kier molecular flexibility index (Phi) is 10.3. The molecule has 0 spiro atoms. The van der Waals surface area contributed by atoms with Crippen molar-refractivity contribution in [1.29, 1.82) is 0 Å². The average Bonchev–Trinajstić information content (AvgIpc) is 2.24. The molecule has 0 aliphatic heterocycles. The first-order chi connectivity index (χ1) is 7.66. The van der Waals surface area contributed by atoms with Gasteiger partial charge in [0.15, 0.2) is 0 Å². The van der Waals surface area contributed by atoms with E-state index in [1.807, 2.05) is 6.26 Å². The summed E-state index contributed by atoms with van der Waals surface area (Å²) in [6, 6.07) is 0. The molecule has 0 aliphatic carbocycles. The van der Waals surface area contributed by atoms with Crippen LogP contribution >= 0.6 is 11.8 Å². The fraction of sp³-hybridized carbons (Fsp3) is 0.818. The Morgan fingerprint density at radius 3 is 2.44 bits per heavy atom. The van der Waals surface area contributed by atoms with Gasteiger partial charge in [0.25, 0.3) is 0 Å². The molecule has 1 amide bonds. The van der Waals surface area contributed by atoms with Crippen LogP contribution < -0.4 is 5.32 Å². The standard InChI is InChI=1S/C11H21NO3S/c1-16-9-7-10(13)12-8-5-3-2-4-6-11(14)15/h2-9H2,1H3,(H,12,13)(H,14,15). The number of rotatable bonds is 10. The van der Waals surface area contributed by atoms with E-state index < -0.39 is 5.97 Å². The fourth-order valence-electron chi connectivity index (χ4n) is 1.27. The molecule has 0 fully saturated rings. The van der Waals surface area contributed by atoms with Crippen molar-refractivity contribution in [3.63, 3.8) is 0 Å². The van der Waals surface area contributed by atoms with E-state index in [2.05, 4.69) is 5.32 Å². The quantitative estimate of drug-likeness (QED) is 0.579. The number of aliphatic carboxylic acids is 1. The number of thioether (sulfide) groups is 1. The number of amides is 1. The molecule has 0 aromatic heterocycles. The van der Waals surface area contributed by atoms with E-state index in [9.17, 15) is 9.59 Å². The molecular weight excluding hydrogens is 226 g/mol. The summed E-state index contributed by atoms with van der Waals surface area (Å²) in [4.78, 5) is 21.4. The summed E-state index contributed by atoms with van der Waals surface area (Å²) in [6.45, 7) is 0.709. The minimum atomic E-state index is -0.731. The van der Waals surface area contributed by atoms with Gasteiger partial charge in [-0.2, -0.15) is 11.8 Å². The van der Waals surface area contributed by atoms with E-state index in [4.69, 9.17) is 5.11 Å². The van der Waals surface area contributed by atoms with Crippen LogP contribution in [0.2, 0.25) is 0 Å². The molecule has 0 saturated heterocycles. The lowest BCUT2D eigenvalue weighted by molar-refractivity contribution is -0.137. The van der Waals surface area contributed by atoms with Crippen LogP contribution in [-0.4, -0.2) is 35.5 Å². The van der Waals surface area contributed by atoms with Gasteiger partial charge in [0.2, 0.25) is 5.91 Å². The van der Waals surface area contributed by atoms with Gasteiger partial charge < -0.3 is 10.4 Å². The second kappa shape index (κ2) is 10.8. The maximum atomic E-state index is 11.2. The van der Waals surface area contributed by atoms with E-state index >= 15 is 0 Å². The lowest BCUT2D eigenvalue weighted by Crippen LogP contribution is -2.24. The van der Waals surface area contributed by atoms with Crippen molar-refractivity contribution in [3.05, 3.63) is 0 Å². The molecule has 0 radical (unpaired) electrons. The van der Waals surface area contributed by atoms with Crippen molar-refractivity contribution in [1.82, 2.24) is 5.32 Å². The third-order valence-electron chi connectivity index (χ3n) is 2.17. The zero-order chi connectivity index (χ0) is 12.2. The van der Waals surface area contributed by atoms with Gasteiger partial charge >= 0.3 is 5.97 Å². The largest absolute Gasteiger partial charge is 0.481 e. The Bertz CT molecular complexity index is 209. The molecule has 16 heavy (non-hydrogen) atoms. The fourth-order valence-corrected chi connectivity index (χ4v) is 1.66. The smallest absolute Gasteiger partial charge is 0.303 e. The molecule has 0 aromatic rings. The molecule has 0 heterocycles. The Morgan fingerprint density at radius 2 is 1.81 bits per heavy atom. The minimum absolute atomic E-state index is 0.111. The number of carbonyl (C=O) groups is 2. The molecule has 2 N–H and O–H groups in total. The van der Waals surface area contributed by atoms with Crippen LogP contribution in [0.3, 0.4) is 0 Å². The van der Waals surface area contributed by atoms with Gasteiger partial charge in [0.1, 0.15) is 0 Å². The molecule has 0 atom stereocenters. The number of nitrogens with one attached hydrogen (secondary N) is 1. The van der Waals surface area contributed by atoms with E-state index in [0.717, 1.165) is 31.4 Å². The number of carbonyl (C=O) groups excluding carboxylic acids is 1. The first kappa shape index (κ1) is 15.3. The van der Waals surface area contributed by atoms with Crippen LogP contribution in [0.4, 0.5) is 0 Å². The third kappa shape index (κ3) is 11.4. The van der Waals surface area contributed by atoms with Gasteiger partial charge in [-0.1, -0.05) is 12.8 Å². The Balaban J connectivity index is 3.14. The van der Waals surface area contributed by atoms with Gasteiger partial charge in [-0.05, 0) is 19.1 Å². The number of carboxylic acids is 1. The molecule has 0 rings (SSSR count). The molecule has 0 aromatic carbocycles. The van der Waals surface area contributed by atoms with Crippen LogP contribution in [0.15, 0.2) is 0 Å². The third-order valence-corrected chi connectivity index (χ3v) is 2.79. The molecule has 0 bridgehead atoms. The van der Waals surface area contributed by atoms with Gasteiger partial charge in [0, 0.05) is 25.1 Å². The predicted octanol–water partition coefficient (Wildman–Crippen LogP) is 1.89. The molecule has 94 valence electrons. The Labute approximate surface area is 101 Å². The van der Waals surface area contributed by atoms with Gasteiger partial charge in [-0.25, -0.2) is 0 Å². The number of hydrogen-bond acceptors (Lipinski definition) is 3. The summed E-state index contributed by atoms with van der Waals surface area (Å²) in [5.74, 6) is 0.245. The van der Waals surface area contributed by atoms with Crippen LogP contribution in [0.1, 0.15) is 38.5 Å². The van der Waals surface area contributed by atoms with E-state index in [0.29, 0.717) is 13.0 Å². The lowest BCUT2D eigenvalue weighted by Gasteiger charge is -2.04. The van der Waals surface area contributed by atoms with E-state index in [1.54, 1.807) is 11.8 Å². The maximum Gasteiger partial charge on any atom is 0.303 e. The highest BCUT2D eigenvalue weighted by Crippen LogP contribution is 2.02. The molecule has 0 aliphatic rings. The highest BCUT2D eigenvalue weighted by Gasteiger charge is 1.99. The van der Waals surface area contributed by atoms with Crippen LogP contribution in [0, 0.1) is 0 Å². The van der Waals surface area contributed by atoms with Gasteiger partial charge in [-0.3, -0.25) is 9.59 Å². The minimum Gasteiger partial charge on any atom is -0.481 e. The molecular formula is C11H21NO3S. The molecule has 0 unspecified atom stereocenters. The summed E-state index contributed by atoms with van der Waals surface area (Å²) in [5.41, 5.74) is 0. The number of carboxylic acid groups (broad SMARTS) is 1. The first-order valence-electron chi connectivity index (χ1n) is 5.64. The van der Waals surface area contributed by atoms with Gasteiger partial charge in [-0.15, -0.1) is 0 Å². The Morgan fingerprint density at radius 1 is 1.12 bits per heavy atom. The second-order valence-corrected chi connectivity index (χ2v) is 4.64. The summed E-state index contributed by atoms with van der Waals surface area (Å²) in [6.07, 6.45) is 6.39. The van der Waals surface area contributed by atoms with Crippen LogP contribution in [0.5, 0.6) is 0 Å². The highest BCUT2D eigenvalue weighted by molar-refractivity contribution is 7.98. The topological polar surface area (TPSA) is 66.4 Å². The van der Waals surface area contributed by atoms with Crippen LogP contribution in [-0.2, 0) is 9.59 Å². The monoisotopic (exact) mass is 247 g/mol. The SMILES string of the molecule is CSCCC(=O)NCCCCCCC(=O)O. The number of unbranched alkanes of at least 4 members (excludes halogenated alkanes) is 3. The normalized spacial score (nSPS) is 10.1. The second-order valence-electron chi connectivity index (χ2n) is 3.65. The Hall–Kier alpha value is -0.710. The van der Waals surface area contributed by atoms with Crippen molar-refractivity contribution in [3.8, 4) is 0 Å². The summed E-state index contributed by atoms with van der Waals surface area (Å²) < 4.78 is 0. The van der Waals surface area contributed by atoms with Crippen molar-refractivity contribution >= 4 is 23.6 Å². The summed E-state index contributed by atoms with van der Waals surface area (Å²) >= 11 is 1.67. The van der Waals surface area contributed by atoms with Crippen molar-refractivity contribution in [2.24, 2.45) is 0 Å². The summed E-state index contributed by atoms with van der Waals surface area (Å²) in [5, 5.41) is 11.3. The number of hydrogen-bond donors (Lipinski definition) is 2. The zero-order valence-electron chi connectivity index (χ0n) is 9.83. The molecule has 4 nitrogen and oxygen atoms in total. The predicted molar refractivity (Wildman–Crippen MR) is 66.7 cm³/mol. The zero-order valence-corrected chi connectivity index (χ0v) is 10.6. The van der Waals surface area contributed by atoms with Gasteiger partial charge in [0.05, 0.1) is 0 Å². The van der Waals surface area contributed by atoms with Crippen molar-refractivity contribution in [2.45, 2.75) is 38.5 Å². The lowest BCUT2D eigenvalue weighted by atomic mass is 10.1.